The van der Waals surface area contributed by atoms with Crippen molar-refractivity contribution in [3.8, 4) is 5.69 Å². The second kappa shape index (κ2) is 6.46. The van der Waals surface area contributed by atoms with E-state index in [1.54, 1.807) is 0 Å². The Kier molecular flexibility index (Phi) is 4.29. The van der Waals surface area contributed by atoms with Gasteiger partial charge < -0.3 is 14.4 Å². The molecule has 130 valence electrons. The number of anilines is 1. The van der Waals surface area contributed by atoms with Crippen LogP contribution in [0.2, 0.25) is 0 Å². The zero-order valence-corrected chi connectivity index (χ0v) is 16.5. The number of likely N-dealkylation sites (N-methyl/N-ethyl adjacent to an activating group) is 2. The smallest absolute Gasteiger partial charge is 0.111 e. The first kappa shape index (κ1) is 16.6. The van der Waals surface area contributed by atoms with Gasteiger partial charge in [0.05, 0.1) is 17.1 Å². The maximum Gasteiger partial charge on any atom is 0.111 e. The Labute approximate surface area is 157 Å². The highest BCUT2D eigenvalue weighted by Crippen LogP contribution is 2.43. The van der Waals surface area contributed by atoms with Gasteiger partial charge >= 0.3 is 0 Å². The summed E-state index contributed by atoms with van der Waals surface area (Å²) >= 11 is 3.76. The van der Waals surface area contributed by atoms with Crippen LogP contribution < -0.4 is 4.90 Å². The van der Waals surface area contributed by atoms with Gasteiger partial charge in [-0.1, -0.05) is 6.08 Å². The third-order valence-electron chi connectivity index (χ3n) is 4.97. The zero-order valence-electron chi connectivity index (χ0n) is 15.0. The summed E-state index contributed by atoms with van der Waals surface area (Å²) in [5, 5.41) is 0. The third kappa shape index (κ3) is 2.85. The molecule has 0 fully saturated rings. The SMILES string of the molecule is CN(C)CCN(C)c1ccc(Br)c2c1N=CC1=CCCc3ccn-2c31. The van der Waals surface area contributed by atoms with Crippen LogP contribution in [0.5, 0.6) is 0 Å². The van der Waals surface area contributed by atoms with E-state index in [0.717, 1.165) is 47.5 Å². The number of aliphatic imine (C=N–C) groups is 1. The Morgan fingerprint density at radius 3 is 2.80 bits per heavy atom. The van der Waals surface area contributed by atoms with Crippen LogP contribution in [-0.4, -0.2) is 49.9 Å². The normalized spacial score (nSPS) is 14.8. The van der Waals surface area contributed by atoms with Gasteiger partial charge in [0.15, 0.2) is 0 Å². The van der Waals surface area contributed by atoms with Crippen molar-refractivity contribution < 1.29 is 0 Å². The molecular formula is C20H23BrN4. The minimum atomic E-state index is 0.961. The molecule has 0 N–H and O–H groups in total. The van der Waals surface area contributed by atoms with E-state index in [9.17, 15) is 0 Å². The van der Waals surface area contributed by atoms with Crippen molar-refractivity contribution in [2.24, 2.45) is 4.99 Å². The van der Waals surface area contributed by atoms with Crippen LogP contribution in [0.3, 0.4) is 0 Å². The van der Waals surface area contributed by atoms with Gasteiger partial charge in [0.25, 0.3) is 0 Å². The highest BCUT2D eigenvalue weighted by Gasteiger charge is 2.24. The summed E-state index contributed by atoms with van der Waals surface area (Å²) in [6.07, 6.45) is 8.72. The highest BCUT2D eigenvalue weighted by molar-refractivity contribution is 9.10. The first-order valence-corrected chi connectivity index (χ1v) is 9.49. The van der Waals surface area contributed by atoms with Gasteiger partial charge in [-0.2, -0.15) is 0 Å². The van der Waals surface area contributed by atoms with Gasteiger partial charge in [-0.25, -0.2) is 0 Å². The number of hydrogen-bond donors (Lipinski definition) is 0. The number of fused-ring (bicyclic) bond motifs is 2. The van der Waals surface area contributed by atoms with Gasteiger partial charge in [0, 0.05) is 42.6 Å². The average molecular weight is 399 g/mol. The molecule has 0 unspecified atom stereocenters. The van der Waals surface area contributed by atoms with Crippen LogP contribution in [-0.2, 0) is 6.42 Å². The number of aryl methyl sites for hydroxylation is 1. The van der Waals surface area contributed by atoms with Crippen LogP contribution in [0.1, 0.15) is 17.7 Å². The molecule has 0 saturated carbocycles. The van der Waals surface area contributed by atoms with Crippen molar-refractivity contribution in [3.63, 3.8) is 0 Å². The van der Waals surface area contributed by atoms with Crippen LogP contribution in [0.15, 0.2) is 39.9 Å². The van der Waals surface area contributed by atoms with Crippen molar-refractivity contribution >= 4 is 39.1 Å². The summed E-state index contributed by atoms with van der Waals surface area (Å²) in [5.41, 5.74) is 7.27. The third-order valence-corrected chi connectivity index (χ3v) is 5.61. The minimum absolute atomic E-state index is 0.961. The molecule has 0 spiro atoms. The number of hydrogen-bond acceptors (Lipinski definition) is 3. The molecule has 2 aromatic rings. The predicted molar refractivity (Wildman–Crippen MR) is 110 cm³/mol. The van der Waals surface area contributed by atoms with Crippen molar-refractivity contribution in [3.05, 3.63) is 46.2 Å². The minimum Gasteiger partial charge on any atom is -0.372 e. The summed E-state index contributed by atoms with van der Waals surface area (Å²) in [7, 11) is 6.35. The highest BCUT2D eigenvalue weighted by atomic mass is 79.9. The summed E-state index contributed by atoms with van der Waals surface area (Å²) in [6.45, 7) is 1.97. The van der Waals surface area contributed by atoms with E-state index in [4.69, 9.17) is 4.99 Å². The zero-order chi connectivity index (χ0) is 17.6. The van der Waals surface area contributed by atoms with Gasteiger partial charge in [0.1, 0.15) is 5.69 Å². The summed E-state index contributed by atoms with van der Waals surface area (Å²) in [5.74, 6) is 0. The molecule has 0 radical (unpaired) electrons. The summed E-state index contributed by atoms with van der Waals surface area (Å²) in [4.78, 5) is 9.41. The topological polar surface area (TPSA) is 23.8 Å². The van der Waals surface area contributed by atoms with E-state index < -0.39 is 0 Å². The Balaban J connectivity index is 1.87. The van der Waals surface area contributed by atoms with Crippen LogP contribution in [0, 0.1) is 0 Å². The average Bonchev–Trinajstić information content (AvgIpc) is 2.93. The maximum atomic E-state index is 4.91. The molecule has 4 rings (SSSR count). The lowest BCUT2D eigenvalue weighted by atomic mass is 9.98. The number of benzene rings is 1. The Morgan fingerprint density at radius 1 is 1.16 bits per heavy atom. The van der Waals surface area contributed by atoms with Gasteiger partial charge in [-0.3, -0.25) is 4.99 Å². The molecule has 4 nitrogen and oxygen atoms in total. The molecule has 0 amide bonds. The number of aromatic nitrogens is 1. The lowest BCUT2D eigenvalue weighted by Gasteiger charge is -2.25. The molecule has 2 heterocycles. The quantitative estimate of drug-likeness (QED) is 0.766. The monoisotopic (exact) mass is 398 g/mol. The number of nitrogens with zero attached hydrogens (tertiary/aromatic N) is 4. The standard InChI is InChI=1S/C20H23BrN4/c1-23(2)11-12-24(3)17-8-7-16(21)20-18(17)22-13-15-6-4-5-14-9-10-25(20)19(14)15/h6-10,13H,4-5,11-12H2,1-3H3. The molecule has 1 aromatic heterocycles. The van der Waals surface area contributed by atoms with Crippen molar-refractivity contribution in [1.82, 2.24) is 9.47 Å². The lowest BCUT2D eigenvalue weighted by molar-refractivity contribution is 0.416. The molecular weight excluding hydrogens is 376 g/mol. The first-order valence-electron chi connectivity index (χ1n) is 8.70. The fourth-order valence-corrected chi connectivity index (χ4v) is 4.10. The van der Waals surface area contributed by atoms with E-state index in [1.165, 1.54) is 16.8 Å². The van der Waals surface area contributed by atoms with Crippen molar-refractivity contribution in [1.29, 1.82) is 0 Å². The number of rotatable bonds is 4. The predicted octanol–water partition coefficient (Wildman–Crippen LogP) is 4.28. The summed E-state index contributed by atoms with van der Waals surface area (Å²) < 4.78 is 3.38. The molecule has 0 saturated heterocycles. The van der Waals surface area contributed by atoms with Crippen LogP contribution >= 0.6 is 15.9 Å². The fourth-order valence-electron chi connectivity index (χ4n) is 3.59. The molecule has 0 bridgehead atoms. The Bertz CT molecular complexity index is 876. The van der Waals surface area contributed by atoms with E-state index in [0.29, 0.717) is 0 Å². The van der Waals surface area contributed by atoms with E-state index in [1.807, 2.05) is 6.21 Å². The molecule has 1 aromatic carbocycles. The van der Waals surface area contributed by atoms with Crippen molar-refractivity contribution in [2.75, 3.05) is 39.1 Å². The second-order valence-electron chi connectivity index (χ2n) is 7.00. The molecule has 2 aliphatic rings. The van der Waals surface area contributed by atoms with Crippen molar-refractivity contribution in [2.45, 2.75) is 12.8 Å². The van der Waals surface area contributed by atoms with Crippen LogP contribution in [0.4, 0.5) is 11.4 Å². The molecule has 5 heteroatoms. The molecule has 1 aliphatic carbocycles. The largest absolute Gasteiger partial charge is 0.372 e. The van der Waals surface area contributed by atoms with Gasteiger partial charge in [-0.15, -0.1) is 0 Å². The van der Waals surface area contributed by atoms with Gasteiger partial charge in [-0.05, 0) is 66.6 Å². The number of halogens is 1. The number of allylic oxidation sites excluding steroid dienone is 2. The molecule has 1 aliphatic heterocycles. The van der Waals surface area contributed by atoms with Crippen LogP contribution in [0.25, 0.3) is 11.3 Å². The molecule has 0 atom stereocenters. The second-order valence-corrected chi connectivity index (χ2v) is 7.86. The molecule has 25 heavy (non-hydrogen) atoms. The van der Waals surface area contributed by atoms with Gasteiger partial charge in [0.2, 0.25) is 0 Å². The lowest BCUT2D eigenvalue weighted by Crippen LogP contribution is -2.28. The van der Waals surface area contributed by atoms with E-state index in [-0.39, 0.29) is 0 Å². The summed E-state index contributed by atoms with van der Waals surface area (Å²) in [6, 6.07) is 6.55. The Morgan fingerprint density at radius 2 is 2.00 bits per heavy atom. The fraction of sp³-hybridized carbons (Fsp3) is 0.350. The first-order chi connectivity index (χ1) is 12.1. The van der Waals surface area contributed by atoms with E-state index >= 15 is 0 Å². The maximum absolute atomic E-state index is 4.91. The Hall–Kier alpha value is -1.85. The van der Waals surface area contributed by atoms with E-state index in [2.05, 4.69) is 81.9 Å².